The molecule has 0 spiro atoms. The first-order chi connectivity index (χ1) is 9.09. The summed E-state index contributed by atoms with van der Waals surface area (Å²) in [6.45, 7) is 5.40. The van der Waals surface area contributed by atoms with Gasteiger partial charge in [0.2, 0.25) is 0 Å². The maximum absolute atomic E-state index is 10.8. The van der Waals surface area contributed by atoms with E-state index in [-0.39, 0.29) is 11.1 Å². The summed E-state index contributed by atoms with van der Waals surface area (Å²) in [6.07, 6.45) is 2.12. The summed E-state index contributed by atoms with van der Waals surface area (Å²) in [6, 6.07) is 5.07. The monoisotopic (exact) mass is 264 g/mol. The maximum Gasteiger partial charge on any atom is 0.354 e. The number of pyridine rings is 1. The Hall–Kier alpha value is -1.46. The molecule has 5 heteroatoms. The van der Waals surface area contributed by atoms with Crippen LogP contribution in [-0.2, 0) is 11.3 Å². The van der Waals surface area contributed by atoms with E-state index in [1.807, 2.05) is 6.07 Å². The van der Waals surface area contributed by atoms with Gasteiger partial charge in [-0.05, 0) is 30.4 Å². The summed E-state index contributed by atoms with van der Waals surface area (Å²) >= 11 is 0. The quantitative estimate of drug-likeness (QED) is 0.846. The number of nitrogens with one attached hydrogen (secondary N) is 1. The summed E-state index contributed by atoms with van der Waals surface area (Å²) < 4.78 is 5.37. The first-order valence-corrected chi connectivity index (χ1v) is 6.57. The van der Waals surface area contributed by atoms with Crippen LogP contribution in [0.4, 0.5) is 0 Å². The van der Waals surface area contributed by atoms with Crippen molar-refractivity contribution >= 4 is 5.97 Å². The molecule has 0 bridgehead atoms. The number of ether oxygens (including phenoxy) is 1. The van der Waals surface area contributed by atoms with Gasteiger partial charge in [0.25, 0.3) is 0 Å². The summed E-state index contributed by atoms with van der Waals surface area (Å²) in [5.41, 5.74) is 1.12. The van der Waals surface area contributed by atoms with E-state index in [2.05, 4.69) is 17.2 Å². The van der Waals surface area contributed by atoms with Crippen LogP contribution in [0.15, 0.2) is 18.2 Å². The van der Waals surface area contributed by atoms with Crippen LogP contribution in [-0.4, -0.2) is 35.8 Å². The number of nitrogens with zero attached hydrogens (tertiary/aromatic N) is 1. The van der Waals surface area contributed by atoms with E-state index >= 15 is 0 Å². The second kappa shape index (κ2) is 6.12. The highest BCUT2D eigenvalue weighted by Crippen LogP contribution is 2.28. The van der Waals surface area contributed by atoms with E-state index in [4.69, 9.17) is 9.84 Å². The average Bonchev–Trinajstić information content (AvgIpc) is 2.39. The second-order valence-corrected chi connectivity index (χ2v) is 5.35. The van der Waals surface area contributed by atoms with Crippen LogP contribution in [0.25, 0.3) is 0 Å². The van der Waals surface area contributed by atoms with Gasteiger partial charge in [-0.25, -0.2) is 9.78 Å². The van der Waals surface area contributed by atoms with Gasteiger partial charge in [-0.3, -0.25) is 0 Å². The molecule has 1 saturated heterocycles. The molecule has 5 nitrogen and oxygen atoms in total. The first kappa shape index (κ1) is 14.0. The van der Waals surface area contributed by atoms with Crippen LogP contribution < -0.4 is 5.32 Å². The molecule has 1 aromatic heterocycles. The van der Waals surface area contributed by atoms with E-state index in [9.17, 15) is 4.79 Å². The molecule has 1 aromatic rings. The molecule has 104 valence electrons. The summed E-state index contributed by atoms with van der Waals surface area (Å²) in [4.78, 5) is 14.9. The van der Waals surface area contributed by atoms with Crippen molar-refractivity contribution in [3.63, 3.8) is 0 Å². The Kier molecular flexibility index (Phi) is 4.50. The number of hydrogen-bond acceptors (Lipinski definition) is 4. The molecule has 0 atom stereocenters. The van der Waals surface area contributed by atoms with Crippen molar-refractivity contribution in [3.05, 3.63) is 29.6 Å². The van der Waals surface area contributed by atoms with E-state index in [0.29, 0.717) is 6.54 Å². The van der Waals surface area contributed by atoms with Crippen molar-refractivity contribution in [2.75, 3.05) is 19.8 Å². The standard InChI is InChI=1S/C14H20N2O3/c1-14(5-7-19-8-6-14)10-15-9-11-3-2-4-12(16-11)13(17)18/h2-4,15H,5-10H2,1H3,(H,17,18). The number of carbonyl (C=O) groups is 1. The van der Waals surface area contributed by atoms with Gasteiger partial charge in [0.15, 0.2) is 0 Å². The molecule has 0 radical (unpaired) electrons. The van der Waals surface area contributed by atoms with E-state index in [0.717, 1.165) is 38.3 Å². The minimum atomic E-state index is -0.988. The Morgan fingerprint density at radius 3 is 2.89 bits per heavy atom. The van der Waals surface area contributed by atoms with Gasteiger partial charge in [-0.15, -0.1) is 0 Å². The Morgan fingerprint density at radius 2 is 2.21 bits per heavy atom. The van der Waals surface area contributed by atoms with Crippen LogP contribution in [0.5, 0.6) is 0 Å². The number of aromatic nitrogens is 1. The topological polar surface area (TPSA) is 71.5 Å². The molecule has 1 aliphatic heterocycles. The van der Waals surface area contributed by atoms with Crippen LogP contribution >= 0.6 is 0 Å². The van der Waals surface area contributed by atoms with Gasteiger partial charge in [-0.2, -0.15) is 0 Å². The van der Waals surface area contributed by atoms with Gasteiger partial charge in [-0.1, -0.05) is 13.0 Å². The van der Waals surface area contributed by atoms with Crippen molar-refractivity contribution in [1.29, 1.82) is 0 Å². The third-order valence-electron chi connectivity index (χ3n) is 3.58. The fourth-order valence-electron chi connectivity index (χ4n) is 2.23. The lowest BCUT2D eigenvalue weighted by molar-refractivity contribution is 0.0239. The average molecular weight is 264 g/mol. The van der Waals surface area contributed by atoms with Crippen molar-refractivity contribution in [1.82, 2.24) is 10.3 Å². The van der Waals surface area contributed by atoms with E-state index in [1.165, 1.54) is 6.07 Å². The summed E-state index contributed by atoms with van der Waals surface area (Å²) in [5.74, 6) is -0.988. The predicted octanol–water partition coefficient (Wildman–Crippen LogP) is 1.69. The molecule has 0 amide bonds. The first-order valence-electron chi connectivity index (χ1n) is 6.57. The van der Waals surface area contributed by atoms with Crippen LogP contribution in [0.1, 0.15) is 35.9 Å². The number of hydrogen-bond donors (Lipinski definition) is 2. The normalized spacial score (nSPS) is 18.2. The second-order valence-electron chi connectivity index (χ2n) is 5.35. The maximum atomic E-state index is 10.8. The lowest BCUT2D eigenvalue weighted by Crippen LogP contribution is -2.36. The highest BCUT2D eigenvalue weighted by atomic mass is 16.5. The summed E-state index contributed by atoms with van der Waals surface area (Å²) in [7, 11) is 0. The zero-order valence-electron chi connectivity index (χ0n) is 11.2. The number of carboxylic acids is 1. The lowest BCUT2D eigenvalue weighted by Gasteiger charge is -2.33. The van der Waals surface area contributed by atoms with Crippen LogP contribution in [0.2, 0.25) is 0 Å². The highest BCUT2D eigenvalue weighted by molar-refractivity contribution is 5.85. The molecular weight excluding hydrogens is 244 g/mol. The molecule has 0 aliphatic carbocycles. The Balaban J connectivity index is 1.85. The molecule has 2 heterocycles. The fourth-order valence-corrected chi connectivity index (χ4v) is 2.23. The van der Waals surface area contributed by atoms with Crippen molar-refractivity contribution in [2.45, 2.75) is 26.3 Å². The van der Waals surface area contributed by atoms with E-state index in [1.54, 1.807) is 6.07 Å². The predicted molar refractivity (Wildman–Crippen MR) is 71.1 cm³/mol. The molecule has 0 aromatic carbocycles. The Morgan fingerprint density at radius 1 is 1.47 bits per heavy atom. The van der Waals surface area contributed by atoms with Gasteiger partial charge < -0.3 is 15.2 Å². The van der Waals surface area contributed by atoms with Crippen LogP contribution in [0, 0.1) is 5.41 Å². The molecular formula is C14H20N2O3. The van der Waals surface area contributed by atoms with Crippen molar-refractivity contribution < 1.29 is 14.6 Å². The van der Waals surface area contributed by atoms with Crippen molar-refractivity contribution in [2.24, 2.45) is 5.41 Å². The minimum Gasteiger partial charge on any atom is -0.477 e. The molecule has 2 rings (SSSR count). The highest BCUT2D eigenvalue weighted by Gasteiger charge is 2.26. The largest absolute Gasteiger partial charge is 0.477 e. The van der Waals surface area contributed by atoms with E-state index < -0.39 is 5.97 Å². The molecule has 0 saturated carbocycles. The number of carboxylic acid groups (broad SMARTS) is 1. The third kappa shape index (κ3) is 4.01. The molecule has 0 unspecified atom stereocenters. The lowest BCUT2D eigenvalue weighted by atomic mass is 9.82. The smallest absolute Gasteiger partial charge is 0.354 e. The number of rotatable bonds is 5. The minimum absolute atomic E-state index is 0.0941. The SMILES string of the molecule is CC1(CNCc2cccc(C(=O)O)n2)CCOCC1. The number of aromatic carboxylic acids is 1. The third-order valence-corrected chi connectivity index (χ3v) is 3.58. The fraction of sp³-hybridized carbons (Fsp3) is 0.571. The zero-order chi connectivity index (χ0) is 13.7. The van der Waals surface area contributed by atoms with Crippen molar-refractivity contribution in [3.8, 4) is 0 Å². The van der Waals surface area contributed by atoms with Gasteiger partial charge in [0.05, 0.1) is 5.69 Å². The van der Waals surface area contributed by atoms with Gasteiger partial charge >= 0.3 is 5.97 Å². The molecule has 1 aliphatic rings. The van der Waals surface area contributed by atoms with Gasteiger partial charge in [0, 0.05) is 26.3 Å². The Labute approximate surface area is 113 Å². The molecule has 2 N–H and O–H groups in total. The Bertz CT molecular complexity index is 442. The molecule has 1 fully saturated rings. The van der Waals surface area contributed by atoms with Gasteiger partial charge in [0.1, 0.15) is 5.69 Å². The molecule has 19 heavy (non-hydrogen) atoms. The van der Waals surface area contributed by atoms with Crippen LogP contribution in [0.3, 0.4) is 0 Å². The zero-order valence-corrected chi connectivity index (χ0v) is 11.2. The summed E-state index contributed by atoms with van der Waals surface area (Å²) in [5, 5.41) is 12.2.